The third-order valence-corrected chi connectivity index (χ3v) is 5.31. The Hall–Kier alpha value is -1.96. The number of rotatable bonds is 5. The van der Waals surface area contributed by atoms with Crippen LogP contribution in [0.5, 0.6) is 0 Å². The number of carboxylic acid groups (broad SMARTS) is 1. The van der Waals surface area contributed by atoms with Gasteiger partial charge >= 0.3 is 5.97 Å². The molecule has 0 spiro atoms. The maximum absolute atomic E-state index is 13.4. The number of nitrogens with one attached hydrogen (secondary N) is 1. The maximum atomic E-state index is 13.4. The first-order valence-corrected chi connectivity index (χ1v) is 8.75. The van der Waals surface area contributed by atoms with Crippen LogP contribution >= 0.6 is 0 Å². The monoisotopic (exact) mass is 343 g/mol. The van der Waals surface area contributed by atoms with E-state index in [1.54, 1.807) is 4.72 Å². The van der Waals surface area contributed by atoms with E-state index in [0.717, 1.165) is 25.0 Å². The van der Waals surface area contributed by atoms with Crippen molar-refractivity contribution >= 4 is 21.9 Å². The zero-order valence-corrected chi connectivity index (χ0v) is 13.4. The lowest BCUT2D eigenvalue weighted by molar-refractivity contribution is -0.148. The minimum atomic E-state index is -4.32. The average molecular weight is 343 g/mol. The summed E-state index contributed by atoms with van der Waals surface area (Å²) in [6, 6.07) is 3.15. The largest absolute Gasteiger partial charge is 0.481 e. The molecule has 2 N–H and O–H groups in total. The second-order valence-corrected chi connectivity index (χ2v) is 7.48. The number of aliphatic carboxylic acids is 1. The normalized spacial score (nSPS) is 17.0. The Morgan fingerprint density at radius 1 is 1.26 bits per heavy atom. The van der Waals surface area contributed by atoms with Crippen LogP contribution in [0.3, 0.4) is 0 Å². The van der Waals surface area contributed by atoms with Crippen LogP contribution in [0, 0.1) is 24.6 Å². The molecule has 0 saturated heterocycles. The number of hydrogen-bond acceptors (Lipinski definition) is 4. The minimum Gasteiger partial charge on any atom is -0.481 e. The van der Waals surface area contributed by atoms with Gasteiger partial charge in [-0.2, -0.15) is 0 Å². The van der Waals surface area contributed by atoms with Gasteiger partial charge in [0.1, 0.15) is 11.7 Å². The van der Waals surface area contributed by atoms with E-state index in [0.29, 0.717) is 18.4 Å². The predicted molar refractivity (Wildman–Crippen MR) is 79.5 cm³/mol. The minimum absolute atomic E-state index is 0.378. The summed E-state index contributed by atoms with van der Waals surface area (Å²) >= 11 is 0. The van der Waals surface area contributed by atoms with E-state index in [9.17, 15) is 27.5 Å². The summed E-state index contributed by atoms with van der Waals surface area (Å²) in [5.74, 6) is -4.96. The fourth-order valence-corrected chi connectivity index (χ4v) is 4.05. The van der Waals surface area contributed by atoms with E-state index >= 15 is 0 Å². The summed E-state index contributed by atoms with van der Waals surface area (Å²) in [6.07, 6.45) is 2.78. The number of carbonyl (C=O) groups is 2. The van der Waals surface area contributed by atoms with Crippen LogP contribution in [0.4, 0.5) is 4.39 Å². The SMILES string of the molecule is Cc1cc(F)cc(S(=O)(=O)NC(=O)C(C(=O)O)C2CCCC2)c1. The lowest BCUT2D eigenvalue weighted by Gasteiger charge is -2.18. The molecule has 1 aromatic rings. The summed E-state index contributed by atoms with van der Waals surface area (Å²) in [5, 5.41) is 9.24. The molecule has 1 saturated carbocycles. The third kappa shape index (κ3) is 4.07. The summed E-state index contributed by atoms with van der Waals surface area (Å²) in [7, 11) is -4.32. The first-order chi connectivity index (χ1) is 10.7. The van der Waals surface area contributed by atoms with Gasteiger partial charge in [0.15, 0.2) is 0 Å². The molecule has 1 fully saturated rings. The van der Waals surface area contributed by atoms with Crippen molar-refractivity contribution in [2.45, 2.75) is 37.5 Å². The molecule has 1 atom stereocenters. The highest BCUT2D eigenvalue weighted by atomic mass is 32.2. The fraction of sp³-hybridized carbons (Fsp3) is 0.467. The standard InChI is InChI=1S/C15H18FNO5S/c1-9-6-11(16)8-12(7-9)23(21,22)17-14(18)13(15(19)20)10-4-2-3-5-10/h6-8,10,13H,2-5H2,1H3,(H,17,18)(H,19,20). The number of amides is 1. The lowest BCUT2D eigenvalue weighted by Crippen LogP contribution is -2.42. The number of carbonyl (C=O) groups excluding carboxylic acids is 1. The Bertz CT molecular complexity index is 705. The number of aryl methyl sites for hydroxylation is 1. The van der Waals surface area contributed by atoms with Gasteiger partial charge in [-0.25, -0.2) is 17.5 Å². The van der Waals surface area contributed by atoms with Gasteiger partial charge in [0.05, 0.1) is 4.90 Å². The number of halogens is 1. The molecule has 1 aromatic carbocycles. The highest BCUT2D eigenvalue weighted by Gasteiger charge is 2.38. The molecule has 8 heteroatoms. The fourth-order valence-electron chi connectivity index (χ4n) is 2.93. The summed E-state index contributed by atoms with van der Waals surface area (Å²) in [5.41, 5.74) is 0.378. The molecular formula is C15H18FNO5S. The molecule has 0 aromatic heterocycles. The van der Waals surface area contributed by atoms with Crippen LogP contribution in [-0.4, -0.2) is 25.4 Å². The van der Waals surface area contributed by atoms with Gasteiger partial charge in [0.25, 0.3) is 10.0 Å². The van der Waals surface area contributed by atoms with E-state index < -0.39 is 38.5 Å². The van der Waals surface area contributed by atoms with Crippen LogP contribution in [0.15, 0.2) is 23.1 Å². The molecule has 0 radical (unpaired) electrons. The van der Waals surface area contributed by atoms with Gasteiger partial charge in [-0.3, -0.25) is 9.59 Å². The second kappa shape index (κ2) is 6.66. The summed E-state index contributed by atoms with van der Waals surface area (Å²) in [4.78, 5) is 23.1. The molecule has 23 heavy (non-hydrogen) atoms. The number of sulfonamides is 1. The molecule has 0 aliphatic heterocycles. The molecule has 6 nitrogen and oxygen atoms in total. The summed E-state index contributed by atoms with van der Waals surface area (Å²) < 4.78 is 39.5. The van der Waals surface area contributed by atoms with Gasteiger partial charge in [-0.1, -0.05) is 12.8 Å². The Labute approximate surface area is 133 Å². The van der Waals surface area contributed by atoms with Crippen molar-refractivity contribution in [3.8, 4) is 0 Å². The second-order valence-electron chi connectivity index (χ2n) is 5.79. The predicted octanol–water partition coefficient (Wildman–Crippen LogP) is 1.83. The van der Waals surface area contributed by atoms with E-state index in [2.05, 4.69) is 0 Å². The number of carboxylic acids is 1. The highest BCUT2D eigenvalue weighted by Crippen LogP contribution is 2.32. The van der Waals surface area contributed by atoms with Crippen molar-refractivity contribution in [3.05, 3.63) is 29.6 Å². The van der Waals surface area contributed by atoms with Crippen molar-refractivity contribution in [2.75, 3.05) is 0 Å². The van der Waals surface area contributed by atoms with Crippen molar-refractivity contribution in [3.63, 3.8) is 0 Å². The van der Waals surface area contributed by atoms with Crippen molar-refractivity contribution in [1.29, 1.82) is 0 Å². The van der Waals surface area contributed by atoms with Gasteiger partial charge in [-0.05, 0) is 49.4 Å². The van der Waals surface area contributed by atoms with Gasteiger partial charge in [-0.15, -0.1) is 0 Å². The first-order valence-electron chi connectivity index (χ1n) is 7.27. The molecule has 2 rings (SSSR count). The van der Waals surface area contributed by atoms with Crippen molar-refractivity contribution in [2.24, 2.45) is 11.8 Å². The van der Waals surface area contributed by atoms with Gasteiger partial charge < -0.3 is 5.11 Å². The molecule has 1 unspecified atom stereocenters. The highest BCUT2D eigenvalue weighted by molar-refractivity contribution is 7.90. The van der Waals surface area contributed by atoms with E-state index in [1.807, 2.05) is 0 Å². The maximum Gasteiger partial charge on any atom is 0.316 e. The molecule has 0 bridgehead atoms. The van der Waals surface area contributed by atoms with Crippen LogP contribution in [0.1, 0.15) is 31.2 Å². The molecule has 1 aliphatic rings. The van der Waals surface area contributed by atoms with E-state index in [4.69, 9.17) is 0 Å². The Morgan fingerprint density at radius 2 is 1.87 bits per heavy atom. The van der Waals surface area contributed by atoms with Crippen molar-refractivity contribution in [1.82, 2.24) is 4.72 Å². The van der Waals surface area contributed by atoms with Crippen LogP contribution < -0.4 is 4.72 Å². The Morgan fingerprint density at radius 3 is 2.39 bits per heavy atom. The van der Waals surface area contributed by atoms with Crippen LogP contribution in [0.2, 0.25) is 0 Å². The molecule has 1 amide bonds. The molecule has 0 heterocycles. The molecule has 126 valence electrons. The van der Waals surface area contributed by atoms with Gasteiger partial charge in [0, 0.05) is 0 Å². The lowest BCUT2D eigenvalue weighted by atomic mass is 9.90. The molecular weight excluding hydrogens is 325 g/mol. The average Bonchev–Trinajstić information content (AvgIpc) is 2.90. The quantitative estimate of drug-likeness (QED) is 0.795. The van der Waals surface area contributed by atoms with Gasteiger partial charge in [0.2, 0.25) is 5.91 Å². The summed E-state index contributed by atoms with van der Waals surface area (Å²) in [6.45, 7) is 1.52. The third-order valence-electron chi connectivity index (χ3n) is 3.98. The van der Waals surface area contributed by atoms with Crippen molar-refractivity contribution < 1.29 is 27.5 Å². The van der Waals surface area contributed by atoms with E-state index in [-0.39, 0.29) is 5.92 Å². The van der Waals surface area contributed by atoms with E-state index in [1.165, 1.54) is 13.0 Å². The Balaban J connectivity index is 2.24. The van der Waals surface area contributed by atoms with Crippen LogP contribution in [-0.2, 0) is 19.6 Å². The van der Waals surface area contributed by atoms with Crippen LogP contribution in [0.25, 0.3) is 0 Å². The topological polar surface area (TPSA) is 101 Å². The smallest absolute Gasteiger partial charge is 0.316 e. The first kappa shape index (κ1) is 17.4. The Kier molecular flexibility index (Phi) is 5.03. The zero-order valence-electron chi connectivity index (χ0n) is 12.6. The number of hydrogen-bond donors (Lipinski definition) is 2. The zero-order chi connectivity index (χ0) is 17.2. The molecule has 1 aliphatic carbocycles. The number of benzene rings is 1.